The van der Waals surface area contributed by atoms with Crippen molar-refractivity contribution < 1.29 is 0 Å². The summed E-state index contributed by atoms with van der Waals surface area (Å²) in [5.74, 6) is 0. The molecule has 4 aromatic rings. The quantitative estimate of drug-likeness (QED) is 0.563. The van der Waals surface area contributed by atoms with Crippen LogP contribution in [0.25, 0.3) is 32.7 Å². The zero-order valence-electron chi connectivity index (χ0n) is 11.0. The first-order valence-corrected chi connectivity index (χ1v) is 7.29. The molecule has 0 atom stereocenters. The Morgan fingerprint density at radius 1 is 0.762 bits per heavy atom. The van der Waals surface area contributed by atoms with E-state index in [2.05, 4.69) is 25.6 Å². The molecule has 0 bridgehead atoms. The largest absolute Gasteiger partial charge is 0.256 e. The van der Waals surface area contributed by atoms with E-state index in [4.69, 9.17) is 0 Å². The fraction of sp³-hybridized carbons (Fsp3) is 0. The molecule has 0 aliphatic heterocycles. The molecule has 5 heteroatoms. The van der Waals surface area contributed by atoms with Crippen LogP contribution in [0, 0.1) is 0 Å². The van der Waals surface area contributed by atoms with Gasteiger partial charge >= 0.3 is 0 Å². The molecule has 0 amide bonds. The summed E-state index contributed by atoms with van der Waals surface area (Å²) in [6, 6.07) is 15.9. The highest BCUT2D eigenvalue weighted by Gasteiger charge is 2.15. The Balaban J connectivity index is 2.08. The molecule has 4 nitrogen and oxygen atoms in total. The van der Waals surface area contributed by atoms with Crippen LogP contribution >= 0.6 is 11.5 Å². The maximum absolute atomic E-state index is 4.47. The van der Waals surface area contributed by atoms with Gasteiger partial charge in [0.2, 0.25) is 0 Å². The Bertz CT molecular complexity index is 888. The molecule has 3 aromatic heterocycles. The van der Waals surface area contributed by atoms with E-state index < -0.39 is 0 Å². The van der Waals surface area contributed by atoms with Gasteiger partial charge in [0.25, 0.3) is 0 Å². The van der Waals surface area contributed by atoms with Crippen LogP contribution in [0.3, 0.4) is 0 Å². The highest BCUT2D eigenvalue weighted by molar-refractivity contribution is 7.13. The van der Waals surface area contributed by atoms with E-state index in [0.29, 0.717) is 0 Å². The first-order chi connectivity index (χ1) is 10.4. The second kappa shape index (κ2) is 5.03. The van der Waals surface area contributed by atoms with Gasteiger partial charge in [-0.25, -0.2) is 0 Å². The number of hydrogen-bond donors (Lipinski definition) is 0. The van der Waals surface area contributed by atoms with Crippen molar-refractivity contribution in [2.45, 2.75) is 0 Å². The van der Waals surface area contributed by atoms with E-state index in [1.807, 2.05) is 42.5 Å². The van der Waals surface area contributed by atoms with Crippen molar-refractivity contribution in [1.29, 1.82) is 0 Å². The first-order valence-electron chi connectivity index (χ1n) is 6.51. The molecule has 21 heavy (non-hydrogen) atoms. The molecule has 3 heterocycles. The normalized spacial score (nSPS) is 10.9. The molecule has 1 aromatic carbocycles. The standard InChI is InChI=1S/C16H10N4S/c1-3-9-17-12(5-1)11-7-8-14-16(19-20-21-14)15(11)13-6-2-4-10-18-13/h1-10H. The SMILES string of the molecule is c1ccc(-c2ccc3snnc3c2-c2ccccn2)nc1. The second-order valence-corrected chi connectivity index (χ2v) is 5.32. The van der Waals surface area contributed by atoms with E-state index in [9.17, 15) is 0 Å². The number of pyridine rings is 2. The number of nitrogens with zero attached hydrogens (tertiary/aromatic N) is 4. The fourth-order valence-corrected chi connectivity index (χ4v) is 2.92. The summed E-state index contributed by atoms with van der Waals surface area (Å²) < 4.78 is 5.12. The Kier molecular flexibility index (Phi) is 2.90. The van der Waals surface area contributed by atoms with Crippen LogP contribution in [0.5, 0.6) is 0 Å². The van der Waals surface area contributed by atoms with E-state index >= 15 is 0 Å². The number of rotatable bonds is 2. The minimum atomic E-state index is 0.877. The average Bonchev–Trinajstić information content (AvgIpc) is 3.04. The summed E-state index contributed by atoms with van der Waals surface area (Å²) >= 11 is 1.39. The molecule has 0 unspecified atom stereocenters. The van der Waals surface area contributed by atoms with Gasteiger partial charge in [0, 0.05) is 23.5 Å². The molecular weight excluding hydrogens is 280 g/mol. The van der Waals surface area contributed by atoms with Gasteiger partial charge in [0.05, 0.1) is 16.1 Å². The third-order valence-electron chi connectivity index (χ3n) is 3.28. The van der Waals surface area contributed by atoms with Gasteiger partial charge in [-0.3, -0.25) is 9.97 Å². The van der Waals surface area contributed by atoms with Crippen molar-refractivity contribution >= 4 is 21.7 Å². The van der Waals surface area contributed by atoms with E-state index in [1.165, 1.54) is 11.5 Å². The summed E-state index contributed by atoms with van der Waals surface area (Å²) in [5.41, 5.74) is 4.68. The van der Waals surface area contributed by atoms with Gasteiger partial charge in [0.15, 0.2) is 0 Å². The third-order valence-corrected chi connectivity index (χ3v) is 3.97. The molecular formula is C16H10N4S. The van der Waals surface area contributed by atoms with Gasteiger partial charge in [-0.2, -0.15) is 0 Å². The summed E-state index contributed by atoms with van der Waals surface area (Å²) in [4.78, 5) is 8.93. The zero-order chi connectivity index (χ0) is 14.1. The predicted molar refractivity (Wildman–Crippen MR) is 83.9 cm³/mol. The number of aromatic nitrogens is 4. The molecule has 0 N–H and O–H groups in total. The molecule has 0 saturated carbocycles. The Hall–Kier alpha value is -2.66. The van der Waals surface area contributed by atoms with Crippen LogP contribution in [-0.4, -0.2) is 19.6 Å². The molecule has 0 aliphatic rings. The molecule has 0 aliphatic carbocycles. The summed E-state index contributed by atoms with van der Waals surface area (Å²) in [7, 11) is 0. The van der Waals surface area contributed by atoms with Crippen molar-refractivity contribution in [3.8, 4) is 22.5 Å². The monoisotopic (exact) mass is 290 g/mol. The highest BCUT2D eigenvalue weighted by atomic mass is 32.1. The van der Waals surface area contributed by atoms with Gasteiger partial charge in [-0.1, -0.05) is 22.7 Å². The van der Waals surface area contributed by atoms with Crippen molar-refractivity contribution in [3.63, 3.8) is 0 Å². The molecule has 4 rings (SSSR count). The predicted octanol–water partition coefficient (Wildman–Crippen LogP) is 3.82. The van der Waals surface area contributed by atoms with Gasteiger partial charge < -0.3 is 0 Å². The topological polar surface area (TPSA) is 51.6 Å². The molecule has 100 valence electrons. The van der Waals surface area contributed by atoms with E-state index in [1.54, 1.807) is 12.4 Å². The smallest absolute Gasteiger partial charge is 0.116 e. The van der Waals surface area contributed by atoms with Crippen LogP contribution in [-0.2, 0) is 0 Å². The average molecular weight is 290 g/mol. The summed E-state index contributed by atoms with van der Waals surface area (Å²) in [5, 5.41) is 4.28. The number of hydrogen-bond acceptors (Lipinski definition) is 5. The van der Waals surface area contributed by atoms with Gasteiger partial charge in [0.1, 0.15) is 5.52 Å². The maximum atomic E-state index is 4.47. The third kappa shape index (κ3) is 2.08. The van der Waals surface area contributed by atoms with Crippen LogP contribution in [0.4, 0.5) is 0 Å². The molecule has 0 fully saturated rings. The van der Waals surface area contributed by atoms with Crippen molar-refractivity contribution in [2.75, 3.05) is 0 Å². The number of fused-ring (bicyclic) bond motifs is 1. The zero-order valence-corrected chi connectivity index (χ0v) is 11.8. The maximum Gasteiger partial charge on any atom is 0.116 e. The van der Waals surface area contributed by atoms with Gasteiger partial charge in [-0.05, 0) is 41.9 Å². The lowest BCUT2D eigenvalue weighted by molar-refractivity contribution is 1.19. The summed E-state index contributed by atoms with van der Waals surface area (Å²) in [6.45, 7) is 0. The van der Waals surface area contributed by atoms with Crippen LogP contribution in [0.1, 0.15) is 0 Å². The Morgan fingerprint density at radius 2 is 1.52 bits per heavy atom. The molecule has 0 saturated heterocycles. The highest BCUT2D eigenvalue weighted by Crippen LogP contribution is 2.36. The Labute approximate surface area is 125 Å². The van der Waals surface area contributed by atoms with Crippen LogP contribution in [0.15, 0.2) is 60.9 Å². The minimum absolute atomic E-state index is 0.877. The fourth-order valence-electron chi connectivity index (χ4n) is 2.36. The minimum Gasteiger partial charge on any atom is -0.256 e. The van der Waals surface area contributed by atoms with Crippen LogP contribution in [0.2, 0.25) is 0 Å². The molecule has 0 radical (unpaired) electrons. The van der Waals surface area contributed by atoms with Crippen molar-refractivity contribution in [3.05, 3.63) is 60.9 Å². The van der Waals surface area contributed by atoms with Gasteiger partial charge in [-0.15, -0.1) is 5.10 Å². The van der Waals surface area contributed by atoms with Crippen molar-refractivity contribution in [2.24, 2.45) is 0 Å². The molecule has 0 spiro atoms. The first kappa shape index (κ1) is 12.1. The lowest BCUT2D eigenvalue weighted by Gasteiger charge is -2.09. The Morgan fingerprint density at radius 3 is 2.24 bits per heavy atom. The van der Waals surface area contributed by atoms with E-state index in [0.717, 1.165) is 32.7 Å². The van der Waals surface area contributed by atoms with Crippen LogP contribution < -0.4 is 0 Å². The lowest BCUT2D eigenvalue weighted by Crippen LogP contribution is -1.91. The summed E-state index contributed by atoms with van der Waals surface area (Å²) in [6.07, 6.45) is 3.58. The second-order valence-electron chi connectivity index (χ2n) is 4.54. The lowest BCUT2D eigenvalue weighted by atomic mass is 9.99. The van der Waals surface area contributed by atoms with Crippen molar-refractivity contribution in [1.82, 2.24) is 19.6 Å². The number of benzene rings is 1. The van der Waals surface area contributed by atoms with E-state index in [-0.39, 0.29) is 0 Å².